The van der Waals surface area contributed by atoms with E-state index in [1.54, 1.807) is 0 Å². The number of methoxy groups -OCH3 is 1. The van der Waals surface area contributed by atoms with Gasteiger partial charge >= 0.3 is 5.97 Å². The van der Waals surface area contributed by atoms with Gasteiger partial charge in [-0.2, -0.15) is 0 Å². The molecule has 1 aromatic rings. The fraction of sp³-hybridized carbons (Fsp3) is 0.308. The van der Waals surface area contributed by atoms with Crippen molar-refractivity contribution in [3.8, 4) is 0 Å². The SMILES string of the molecule is C=C(C(=O)OC)[C@H](CC)c1ccccc1. The Bertz CT molecular complexity index is 341. The highest BCUT2D eigenvalue weighted by atomic mass is 16.5. The van der Waals surface area contributed by atoms with E-state index in [-0.39, 0.29) is 11.9 Å². The van der Waals surface area contributed by atoms with Crippen molar-refractivity contribution in [2.24, 2.45) is 0 Å². The molecule has 0 aliphatic heterocycles. The summed E-state index contributed by atoms with van der Waals surface area (Å²) in [6, 6.07) is 9.88. The van der Waals surface area contributed by atoms with E-state index in [0.717, 1.165) is 12.0 Å². The molecule has 0 fully saturated rings. The fourth-order valence-electron chi connectivity index (χ4n) is 1.64. The van der Waals surface area contributed by atoms with Crippen molar-refractivity contribution in [3.05, 3.63) is 48.0 Å². The van der Waals surface area contributed by atoms with Gasteiger partial charge in [0, 0.05) is 11.5 Å². The molecule has 0 aliphatic rings. The number of hydrogen-bond donors (Lipinski definition) is 0. The van der Waals surface area contributed by atoms with E-state index >= 15 is 0 Å². The van der Waals surface area contributed by atoms with E-state index in [0.29, 0.717) is 5.57 Å². The number of esters is 1. The second-order valence-corrected chi connectivity index (χ2v) is 3.39. The second kappa shape index (κ2) is 5.35. The number of carbonyl (C=O) groups excluding carboxylic acids is 1. The molecule has 0 saturated heterocycles. The molecule has 0 aromatic heterocycles. The average molecular weight is 204 g/mol. The molecule has 0 aliphatic carbocycles. The third-order valence-corrected chi connectivity index (χ3v) is 2.48. The Labute approximate surface area is 90.6 Å². The van der Waals surface area contributed by atoms with Gasteiger partial charge in [-0.1, -0.05) is 43.8 Å². The van der Waals surface area contributed by atoms with Crippen LogP contribution in [0.15, 0.2) is 42.5 Å². The normalized spacial score (nSPS) is 11.9. The second-order valence-electron chi connectivity index (χ2n) is 3.39. The van der Waals surface area contributed by atoms with Gasteiger partial charge in [-0.25, -0.2) is 4.79 Å². The van der Waals surface area contributed by atoms with Gasteiger partial charge < -0.3 is 4.74 Å². The maximum Gasteiger partial charge on any atom is 0.333 e. The highest BCUT2D eigenvalue weighted by Crippen LogP contribution is 2.26. The van der Waals surface area contributed by atoms with Gasteiger partial charge in [0.1, 0.15) is 0 Å². The molecule has 0 radical (unpaired) electrons. The molecular weight excluding hydrogens is 188 g/mol. The maximum absolute atomic E-state index is 11.4. The Morgan fingerprint density at radius 2 is 2.00 bits per heavy atom. The molecule has 2 heteroatoms. The molecule has 0 amide bonds. The monoisotopic (exact) mass is 204 g/mol. The summed E-state index contributed by atoms with van der Waals surface area (Å²) in [5, 5.41) is 0. The lowest BCUT2D eigenvalue weighted by Crippen LogP contribution is -2.11. The van der Waals surface area contributed by atoms with E-state index in [1.165, 1.54) is 7.11 Å². The van der Waals surface area contributed by atoms with Gasteiger partial charge in [0.15, 0.2) is 0 Å². The molecule has 0 N–H and O–H groups in total. The summed E-state index contributed by atoms with van der Waals surface area (Å²) in [4.78, 5) is 11.4. The highest BCUT2D eigenvalue weighted by molar-refractivity contribution is 5.89. The van der Waals surface area contributed by atoms with Crippen molar-refractivity contribution in [3.63, 3.8) is 0 Å². The molecule has 0 heterocycles. The number of benzene rings is 1. The Hall–Kier alpha value is -1.57. The molecule has 0 spiro atoms. The third kappa shape index (κ3) is 2.69. The van der Waals surface area contributed by atoms with Crippen LogP contribution in [0.5, 0.6) is 0 Å². The molecule has 2 nitrogen and oxygen atoms in total. The Morgan fingerprint density at radius 3 is 2.47 bits per heavy atom. The van der Waals surface area contributed by atoms with Gasteiger partial charge in [0.05, 0.1) is 7.11 Å². The van der Waals surface area contributed by atoms with Crippen LogP contribution in [0.25, 0.3) is 0 Å². The molecule has 1 rings (SSSR count). The van der Waals surface area contributed by atoms with Crippen LogP contribution in [0.1, 0.15) is 24.8 Å². The zero-order chi connectivity index (χ0) is 11.3. The van der Waals surface area contributed by atoms with Gasteiger partial charge in [-0.3, -0.25) is 0 Å². The van der Waals surface area contributed by atoms with E-state index < -0.39 is 0 Å². The first-order chi connectivity index (χ1) is 7.20. The third-order valence-electron chi connectivity index (χ3n) is 2.48. The van der Waals surface area contributed by atoms with Crippen LogP contribution in [0.3, 0.4) is 0 Å². The van der Waals surface area contributed by atoms with Gasteiger partial charge in [-0.15, -0.1) is 0 Å². The Balaban J connectivity index is 2.90. The van der Waals surface area contributed by atoms with Crippen molar-refractivity contribution >= 4 is 5.97 Å². The van der Waals surface area contributed by atoms with Crippen molar-refractivity contribution in [1.82, 2.24) is 0 Å². The van der Waals surface area contributed by atoms with Crippen LogP contribution in [-0.4, -0.2) is 13.1 Å². The minimum absolute atomic E-state index is 0.0543. The van der Waals surface area contributed by atoms with Gasteiger partial charge in [-0.05, 0) is 12.0 Å². The molecule has 0 saturated carbocycles. The molecule has 1 atom stereocenters. The van der Waals surface area contributed by atoms with Crippen LogP contribution in [0, 0.1) is 0 Å². The van der Waals surface area contributed by atoms with E-state index in [2.05, 4.69) is 11.3 Å². The van der Waals surface area contributed by atoms with Gasteiger partial charge in [0.25, 0.3) is 0 Å². The topological polar surface area (TPSA) is 26.3 Å². The summed E-state index contributed by atoms with van der Waals surface area (Å²) < 4.78 is 4.68. The first-order valence-electron chi connectivity index (χ1n) is 5.02. The number of rotatable bonds is 4. The molecule has 1 aromatic carbocycles. The lowest BCUT2D eigenvalue weighted by atomic mass is 9.90. The zero-order valence-electron chi connectivity index (χ0n) is 9.19. The summed E-state index contributed by atoms with van der Waals surface area (Å²) >= 11 is 0. The quantitative estimate of drug-likeness (QED) is 0.557. The fourth-order valence-corrected chi connectivity index (χ4v) is 1.64. The molecule has 80 valence electrons. The molecule has 15 heavy (non-hydrogen) atoms. The summed E-state index contributed by atoms with van der Waals surface area (Å²) in [6.45, 7) is 5.83. The van der Waals surface area contributed by atoms with E-state index in [9.17, 15) is 4.79 Å². The smallest absolute Gasteiger partial charge is 0.333 e. The van der Waals surface area contributed by atoms with E-state index in [4.69, 9.17) is 0 Å². The van der Waals surface area contributed by atoms with Crippen molar-refractivity contribution in [1.29, 1.82) is 0 Å². The van der Waals surface area contributed by atoms with Crippen LogP contribution in [-0.2, 0) is 9.53 Å². The Kier molecular flexibility index (Phi) is 4.10. The maximum atomic E-state index is 11.4. The van der Waals surface area contributed by atoms with E-state index in [1.807, 2.05) is 37.3 Å². The van der Waals surface area contributed by atoms with Crippen LogP contribution in [0.2, 0.25) is 0 Å². The van der Waals surface area contributed by atoms with Crippen molar-refractivity contribution in [2.75, 3.05) is 7.11 Å². The van der Waals surface area contributed by atoms with Crippen LogP contribution in [0.4, 0.5) is 0 Å². The highest BCUT2D eigenvalue weighted by Gasteiger charge is 2.19. The van der Waals surface area contributed by atoms with Crippen molar-refractivity contribution in [2.45, 2.75) is 19.3 Å². The zero-order valence-corrected chi connectivity index (χ0v) is 9.19. The molecule has 0 bridgehead atoms. The number of hydrogen-bond acceptors (Lipinski definition) is 2. The molecule has 0 unspecified atom stereocenters. The summed E-state index contributed by atoms with van der Waals surface area (Å²) in [6.07, 6.45) is 0.845. The van der Waals surface area contributed by atoms with Crippen molar-refractivity contribution < 1.29 is 9.53 Å². The average Bonchev–Trinajstić information content (AvgIpc) is 2.30. The summed E-state index contributed by atoms with van der Waals surface area (Å²) in [7, 11) is 1.38. The van der Waals surface area contributed by atoms with Gasteiger partial charge in [0.2, 0.25) is 0 Å². The summed E-state index contributed by atoms with van der Waals surface area (Å²) in [5.74, 6) is -0.274. The number of ether oxygens (including phenoxy) is 1. The Morgan fingerprint density at radius 1 is 1.40 bits per heavy atom. The first kappa shape index (κ1) is 11.5. The number of carbonyl (C=O) groups is 1. The molecular formula is C13H16O2. The minimum atomic E-state index is -0.328. The van der Waals surface area contributed by atoms with Crippen LogP contribution >= 0.6 is 0 Å². The lowest BCUT2D eigenvalue weighted by molar-refractivity contribution is -0.136. The minimum Gasteiger partial charge on any atom is -0.466 e. The first-order valence-corrected chi connectivity index (χ1v) is 5.02. The predicted octanol–water partition coefficient (Wildman–Crippen LogP) is 2.91. The van der Waals surface area contributed by atoms with Crippen LogP contribution < -0.4 is 0 Å². The largest absolute Gasteiger partial charge is 0.466 e. The standard InChI is InChI=1S/C13H16O2/c1-4-12(10(2)13(14)15-3)11-8-6-5-7-9-11/h5-9,12H,2,4H2,1,3H3/t12-/m0/s1. The summed E-state index contributed by atoms with van der Waals surface area (Å²) in [5.41, 5.74) is 1.63. The lowest BCUT2D eigenvalue weighted by Gasteiger charge is -2.16. The predicted molar refractivity (Wildman–Crippen MR) is 60.6 cm³/mol.